The van der Waals surface area contributed by atoms with Gasteiger partial charge < -0.3 is 4.74 Å². The van der Waals surface area contributed by atoms with Gasteiger partial charge in [0, 0.05) is 0 Å². The fourth-order valence-electron chi connectivity index (χ4n) is 2.18. The van der Waals surface area contributed by atoms with Crippen molar-refractivity contribution in [2.24, 2.45) is 0 Å². The second-order valence-electron chi connectivity index (χ2n) is 4.96. The van der Waals surface area contributed by atoms with Crippen LogP contribution >= 0.6 is 0 Å². The van der Waals surface area contributed by atoms with Gasteiger partial charge in [-0.25, -0.2) is 9.78 Å². The average Bonchev–Trinajstić information content (AvgIpc) is 2.52. The maximum Gasteiger partial charge on any atom is 0.331 e. The summed E-state index contributed by atoms with van der Waals surface area (Å²) >= 11 is 0. The molecule has 22 heavy (non-hydrogen) atoms. The molecule has 3 aromatic rings. The van der Waals surface area contributed by atoms with E-state index >= 15 is 0 Å². The highest BCUT2D eigenvalue weighted by Gasteiger charge is 2.10. The molecule has 0 saturated carbocycles. The summed E-state index contributed by atoms with van der Waals surface area (Å²) in [5, 5.41) is 0. The van der Waals surface area contributed by atoms with Gasteiger partial charge in [0.05, 0.1) is 17.2 Å². The van der Waals surface area contributed by atoms with Gasteiger partial charge >= 0.3 is 5.97 Å². The zero-order chi connectivity index (χ0) is 15.5. The predicted octanol–water partition coefficient (Wildman–Crippen LogP) is 2.31. The lowest BCUT2D eigenvalue weighted by atomic mass is 10.2. The minimum absolute atomic E-state index is 0.157. The number of carbonyl (C=O) groups is 1. The molecule has 0 bridgehead atoms. The molecule has 0 fully saturated rings. The highest BCUT2D eigenvalue weighted by Crippen LogP contribution is 2.13. The Morgan fingerprint density at radius 3 is 2.64 bits per heavy atom. The lowest BCUT2D eigenvalue weighted by molar-refractivity contribution is -0.135. The highest BCUT2D eigenvalue weighted by atomic mass is 16.5. The first-order valence-electron chi connectivity index (χ1n) is 6.85. The molecular formula is C17H14N2O3. The van der Waals surface area contributed by atoms with Crippen LogP contribution in [0, 0.1) is 6.92 Å². The van der Waals surface area contributed by atoms with Gasteiger partial charge in [0.2, 0.25) is 0 Å². The Morgan fingerprint density at radius 2 is 1.86 bits per heavy atom. The summed E-state index contributed by atoms with van der Waals surface area (Å²) in [6, 6.07) is 14.3. The molecule has 3 rings (SSSR count). The summed E-state index contributed by atoms with van der Waals surface area (Å²) in [5.74, 6) is -0.0377. The summed E-state index contributed by atoms with van der Waals surface area (Å²) in [5.41, 5.74) is 2.01. The van der Waals surface area contributed by atoms with Crippen LogP contribution in [0.4, 0.5) is 0 Å². The van der Waals surface area contributed by atoms with Crippen molar-refractivity contribution in [1.82, 2.24) is 9.55 Å². The predicted molar refractivity (Wildman–Crippen MR) is 82.8 cm³/mol. The maximum atomic E-state index is 12.1. The number of rotatable bonds is 3. The number of ether oxygens (including phenoxy) is 1. The molecule has 0 aliphatic rings. The van der Waals surface area contributed by atoms with E-state index in [2.05, 4.69) is 4.98 Å². The van der Waals surface area contributed by atoms with Crippen molar-refractivity contribution in [1.29, 1.82) is 0 Å². The number of hydrogen-bond acceptors (Lipinski definition) is 4. The van der Waals surface area contributed by atoms with E-state index < -0.39 is 5.97 Å². The van der Waals surface area contributed by atoms with Gasteiger partial charge in [-0.05, 0) is 31.2 Å². The molecule has 0 N–H and O–H groups in total. The van der Waals surface area contributed by atoms with Crippen molar-refractivity contribution in [3.05, 3.63) is 70.6 Å². The maximum absolute atomic E-state index is 12.1. The van der Waals surface area contributed by atoms with E-state index in [-0.39, 0.29) is 12.1 Å². The largest absolute Gasteiger partial charge is 0.425 e. The van der Waals surface area contributed by atoms with E-state index in [0.717, 1.165) is 5.56 Å². The third-order valence-electron chi connectivity index (χ3n) is 3.29. The minimum Gasteiger partial charge on any atom is -0.425 e. The van der Waals surface area contributed by atoms with Crippen molar-refractivity contribution in [3.8, 4) is 5.75 Å². The van der Waals surface area contributed by atoms with Gasteiger partial charge in [0.25, 0.3) is 5.56 Å². The Hall–Kier alpha value is -2.95. The van der Waals surface area contributed by atoms with E-state index in [4.69, 9.17) is 4.74 Å². The third-order valence-corrected chi connectivity index (χ3v) is 3.29. The van der Waals surface area contributed by atoms with Crippen LogP contribution in [0.3, 0.4) is 0 Å². The molecular weight excluding hydrogens is 280 g/mol. The molecule has 0 aliphatic carbocycles. The van der Waals surface area contributed by atoms with E-state index in [9.17, 15) is 9.59 Å². The van der Waals surface area contributed by atoms with Gasteiger partial charge in [0.1, 0.15) is 12.3 Å². The summed E-state index contributed by atoms with van der Waals surface area (Å²) in [6.45, 7) is 1.80. The lowest BCUT2D eigenvalue weighted by Crippen LogP contribution is -2.26. The number of hydrogen-bond donors (Lipinski definition) is 0. The molecule has 0 saturated heterocycles. The van der Waals surface area contributed by atoms with Crippen LogP contribution in [0.15, 0.2) is 59.5 Å². The number of carbonyl (C=O) groups excluding carboxylic acids is 1. The van der Waals surface area contributed by atoms with Gasteiger partial charge in [-0.2, -0.15) is 0 Å². The monoisotopic (exact) mass is 294 g/mol. The number of aromatic nitrogens is 2. The Kier molecular flexibility index (Phi) is 3.70. The zero-order valence-corrected chi connectivity index (χ0v) is 12.0. The van der Waals surface area contributed by atoms with E-state index in [1.807, 2.05) is 25.1 Å². The van der Waals surface area contributed by atoms with E-state index in [1.54, 1.807) is 30.3 Å². The summed E-state index contributed by atoms with van der Waals surface area (Å²) in [7, 11) is 0. The Labute approximate surface area is 126 Å². The van der Waals surface area contributed by atoms with Crippen LogP contribution in [0.2, 0.25) is 0 Å². The number of fused-ring (bicyclic) bond motifs is 1. The number of aryl methyl sites for hydroxylation is 1. The van der Waals surface area contributed by atoms with E-state index in [0.29, 0.717) is 16.8 Å². The first-order chi connectivity index (χ1) is 10.6. The number of benzene rings is 2. The van der Waals surface area contributed by atoms with Crippen molar-refractivity contribution < 1.29 is 9.53 Å². The van der Waals surface area contributed by atoms with Crippen LogP contribution in [-0.4, -0.2) is 15.5 Å². The standard InChI is InChI=1S/C17H14N2O3/c1-12-6-8-13(9-7-12)22-17(21)11-19-15-5-3-2-4-14(15)18-10-16(19)20/h2-10H,11H2,1H3. The number of para-hydroxylation sites is 2. The third kappa shape index (κ3) is 2.88. The van der Waals surface area contributed by atoms with Crippen molar-refractivity contribution in [2.75, 3.05) is 0 Å². The topological polar surface area (TPSA) is 61.2 Å². The zero-order valence-electron chi connectivity index (χ0n) is 12.0. The molecule has 0 aliphatic heterocycles. The van der Waals surface area contributed by atoms with Crippen molar-refractivity contribution in [2.45, 2.75) is 13.5 Å². The molecule has 0 unspecified atom stereocenters. The smallest absolute Gasteiger partial charge is 0.331 e. The number of esters is 1. The lowest BCUT2D eigenvalue weighted by Gasteiger charge is -2.09. The molecule has 0 amide bonds. The van der Waals surface area contributed by atoms with Gasteiger partial charge in [0.15, 0.2) is 0 Å². The molecule has 2 aromatic carbocycles. The summed E-state index contributed by atoms with van der Waals surface area (Å²) in [6.07, 6.45) is 1.21. The molecule has 110 valence electrons. The second kappa shape index (κ2) is 5.81. The first kappa shape index (κ1) is 14.0. The minimum atomic E-state index is -0.498. The highest BCUT2D eigenvalue weighted by molar-refractivity contribution is 5.78. The van der Waals surface area contributed by atoms with Crippen LogP contribution in [0.1, 0.15) is 5.56 Å². The molecule has 1 heterocycles. The average molecular weight is 294 g/mol. The van der Waals surface area contributed by atoms with Gasteiger partial charge in [-0.3, -0.25) is 9.36 Å². The molecule has 5 heteroatoms. The van der Waals surface area contributed by atoms with Crippen LogP contribution in [-0.2, 0) is 11.3 Å². The molecule has 0 atom stereocenters. The van der Waals surface area contributed by atoms with E-state index in [1.165, 1.54) is 10.8 Å². The Bertz CT molecular complexity index is 882. The van der Waals surface area contributed by atoms with Crippen molar-refractivity contribution in [3.63, 3.8) is 0 Å². The number of nitrogens with zero attached hydrogens (tertiary/aromatic N) is 2. The van der Waals surface area contributed by atoms with Gasteiger partial charge in [-0.1, -0.05) is 29.8 Å². The Morgan fingerprint density at radius 1 is 1.14 bits per heavy atom. The second-order valence-corrected chi connectivity index (χ2v) is 4.96. The van der Waals surface area contributed by atoms with Crippen LogP contribution in [0.5, 0.6) is 5.75 Å². The fraction of sp³-hybridized carbons (Fsp3) is 0.118. The summed E-state index contributed by atoms with van der Waals surface area (Å²) in [4.78, 5) is 28.1. The van der Waals surface area contributed by atoms with Gasteiger partial charge in [-0.15, -0.1) is 0 Å². The van der Waals surface area contributed by atoms with Crippen LogP contribution < -0.4 is 10.3 Å². The van der Waals surface area contributed by atoms with Crippen LogP contribution in [0.25, 0.3) is 11.0 Å². The normalized spacial score (nSPS) is 10.6. The summed E-state index contributed by atoms with van der Waals surface area (Å²) < 4.78 is 6.62. The first-order valence-corrected chi connectivity index (χ1v) is 6.85. The van der Waals surface area contributed by atoms with Crippen molar-refractivity contribution >= 4 is 17.0 Å². The molecule has 0 radical (unpaired) electrons. The SMILES string of the molecule is Cc1ccc(OC(=O)Cn2c(=O)cnc3ccccc32)cc1. The quantitative estimate of drug-likeness (QED) is 0.549. The Balaban J connectivity index is 1.86. The molecule has 5 nitrogen and oxygen atoms in total. The molecule has 1 aromatic heterocycles. The molecule has 0 spiro atoms. The fourth-order valence-corrected chi connectivity index (χ4v) is 2.18.